The fourth-order valence-electron chi connectivity index (χ4n) is 2.07. The Morgan fingerprint density at radius 3 is 2.47 bits per heavy atom. The first-order valence-electron chi connectivity index (χ1n) is 5.88. The highest BCUT2D eigenvalue weighted by Crippen LogP contribution is 2.18. The zero-order valence-corrected chi connectivity index (χ0v) is 12.5. The molecule has 0 spiro atoms. The molecule has 94 valence electrons. The van der Waals surface area contributed by atoms with E-state index in [1.807, 2.05) is 48.5 Å². The molecule has 0 saturated carbocycles. The molecule has 0 atom stereocenters. The molecule has 1 heterocycles. The Balaban J connectivity index is 2.33. The van der Waals surface area contributed by atoms with Crippen LogP contribution in [-0.4, -0.2) is 9.55 Å². The van der Waals surface area contributed by atoms with Gasteiger partial charge in [-0.15, -0.1) is 0 Å². The van der Waals surface area contributed by atoms with Crippen LogP contribution in [0.25, 0.3) is 22.3 Å². The van der Waals surface area contributed by atoms with Crippen molar-refractivity contribution < 1.29 is 0 Å². The van der Waals surface area contributed by atoms with Gasteiger partial charge in [-0.1, -0.05) is 24.3 Å². The quantitative estimate of drug-likeness (QED) is 0.624. The largest absolute Gasteiger partial charge is 0.308 e. The van der Waals surface area contributed by atoms with Crippen molar-refractivity contribution in [3.8, 4) is 11.3 Å². The molecule has 0 aliphatic rings. The summed E-state index contributed by atoms with van der Waals surface area (Å²) in [7, 11) is 1.78. The van der Waals surface area contributed by atoms with Crippen LogP contribution in [0, 0.1) is 3.57 Å². The lowest BCUT2D eigenvalue weighted by Crippen LogP contribution is -2.20. The van der Waals surface area contributed by atoms with Gasteiger partial charge in [0.05, 0.1) is 11.0 Å². The van der Waals surface area contributed by atoms with Crippen LogP contribution in [0.4, 0.5) is 0 Å². The van der Waals surface area contributed by atoms with Crippen LogP contribution in [-0.2, 0) is 7.05 Å². The molecule has 0 aliphatic carbocycles. The van der Waals surface area contributed by atoms with Crippen molar-refractivity contribution in [2.24, 2.45) is 7.05 Å². The normalized spacial score (nSPS) is 10.8. The Labute approximate surface area is 124 Å². The van der Waals surface area contributed by atoms with Gasteiger partial charge in [-0.2, -0.15) is 0 Å². The summed E-state index contributed by atoms with van der Waals surface area (Å²) in [6.07, 6.45) is 0. The average molecular weight is 362 g/mol. The van der Waals surface area contributed by atoms with Crippen LogP contribution in [0.3, 0.4) is 0 Å². The van der Waals surface area contributed by atoms with Crippen molar-refractivity contribution in [2.75, 3.05) is 0 Å². The molecule has 3 aromatic rings. The smallest absolute Gasteiger partial charge is 0.277 e. The van der Waals surface area contributed by atoms with E-state index in [1.54, 1.807) is 11.6 Å². The minimum atomic E-state index is -0.0695. The van der Waals surface area contributed by atoms with Gasteiger partial charge in [0.15, 0.2) is 0 Å². The van der Waals surface area contributed by atoms with Crippen LogP contribution in [0.1, 0.15) is 0 Å². The number of nitrogens with zero attached hydrogens (tertiary/aromatic N) is 2. The molecule has 1 aromatic heterocycles. The van der Waals surface area contributed by atoms with Crippen molar-refractivity contribution >= 4 is 33.6 Å². The topological polar surface area (TPSA) is 34.9 Å². The predicted molar refractivity (Wildman–Crippen MR) is 85.1 cm³/mol. The second-order valence-corrected chi connectivity index (χ2v) is 5.57. The third-order valence-electron chi connectivity index (χ3n) is 3.10. The number of aryl methyl sites for hydroxylation is 1. The maximum absolute atomic E-state index is 12.4. The van der Waals surface area contributed by atoms with Crippen LogP contribution in [0.15, 0.2) is 53.3 Å². The van der Waals surface area contributed by atoms with Gasteiger partial charge in [0, 0.05) is 16.2 Å². The summed E-state index contributed by atoms with van der Waals surface area (Å²) >= 11 is 2.24. The van der Waals surface area contributed by atoms with Crippen molar-refractivity contribution in [3.05, 3.63) is 62.5 Å². The molecule has 0 N–H and O–H groups in total. The van der Waals surface area contributed by atoms with E-state index in [2.05, 4.69) is 27.6 Å². The Bertz CT molecular complexity index is 806. The summed E-state index contributed by atoms with van der Waals surface area (Å²) < 4.78 is 2.79. The molecule has 0 saturated heterocycles. The Kier molecular flexibility index (Phi) is 3.10. The zero-order chi connectivity index (χ0) is 13.4. The number of halogens is 1. The number of hydrogen-bond acceptors (Lipinski definition) is 2. The Morgan fingerprint density at radius 2 is 1.74 bits per heavy atom. The second-order valence-electron chi connectivity index (χ2n) is 4.32. The van der Waals surface area contributed by atoms with E-state index in [1.165, 1.54) is 0 Å². The minimum absolute atomic E-state index is 0.0695. The summed E-state index contributed by atoms with van der Waals surface area (Å²) in [4.78, 5) is 16.9. The number of para-hydroxylation sites is 2. The van der Waals surface area contributed by atoms with E-state index in [4.69, 9.17) is 0 Å². The van der Waals surface area contributed by atoms with E-state index >= 15 is 0 Å². The molecule has 0 bridgehead atoms. The van der Waals surface area contributed by atoms with Gasteiger partial charge in [-0.3, -0.25) is 4.79 Å². The Hall–Kier alpha value is -1.69. The average Bonchev–Trinajstić information content (AvgIpc) is 2.44. The number of fused-ring (bicyclic) bond motifs is 1. The predicted octanol–water partition coefficient (Wildman–Crippen LogP) is 3.21. The van der Waals surface area contributed by atoms with Crippen molar-refractivity contribution in [1.82, 2.24) is 9.55 Å². The first-order chi connectivity index (χ1) is 9.16. The van der Waals surface area contributed by atoms with Gasteiger partial charge in [0.25, 0.3) is 5.56 Å². The van der Waals surface area contributed by atoms with E-state index in [0.717, 1.165) is 20.2 Å². The van der Waals surface area contributed by atoms with Crippen molar-refractivity contribution in [2.45, 2.75) is 0 Å². The molecule has 4 heteroatoms. The summed E-state index contributed by atoms with van der Waals surface area (Å²) in [6, 6.07) is 15.5. The minimum Gasteiger partial charge on any atom is -0.308 e. The second kappa shape index (κ2) is 4.77. The highest BCUT2D eigenvalue weighted by molar-refractivity contribution is 14.1. The fraction of sp³-hybridized carbons (Fsp3) is 0.0667. The van der Waals surface area contributed by atoms with E-state index in [0.29, 0.717) is 5.69 Å². The van der Waals surface area contributed by atoms with Crippen LogP contribution < -0.4 is 5.56 Å². The standard InChI is InChI=1S/C15H11IN2O/c1-18-13-5-3-2-4-12(13)17-14(15(18)19)10-6-8-11(16)9-7-10/h2-9H,1H3. The molecule has 3 rings (SSSR count). The van der Waals surface area contributed by atoms with Crippen LogP contribution >= 0.6 is 22.6 Å². The molecule has 19 heavy (non-hydrogen) atoms. The van der Waals surface area contributed by atoms with Crippen LogP contribution in [0.5, 0.6) is 0 Å². The highest BCUT2D eigenvalue weighted by Gasteiger charge is 2.09. The molecule has 0 fully saturated rings. The van der Waals surface area contributed by atoms with Crippen molar-refractivity contribution in [1.29, 1.82) is 0 Å². The highest BCUT2D eigenvalue weighted by atomic mass is 127. The molecule has 2 aromatic carbocycles. The van der Waals surface area contributed by atoms with Gasteiger partial charge >= 0.3 is 0 Å². The van der Waals surface area contributed by atoms with Gasteiger partial charge < -0.3 is 4.57 Å². The number of benzene rings is 2. The van der Waals surface area contributed by atoms with Gasteiger partial charge in [-0.25, -0.2) is 4.98 Å². The summed E-state index contributed by atoms with van der Waals surface area (Å²) in [5, 5.41) is 0. The number of aromatic nitrogens is 2. The third kappa shape index (κ3) is 2.16. The number of rotatable bonds is 1. The lowest BCUT2D eigenvalue weighted by Gasteiger charge is -2.07. The first kappa shape index (κ1) is 12.3. The molecule has 0 radical (unpaired) electrons. The van der Waals surface area contributed by atoms with Gasteiger partial charge in [0.1, 0.15) is 5.69 Å². The maximum Gasteiger partial charge on any atom is 0.277 e. The molecule has 0 aliphatic heterocycles. The summed E-state index contributed by atoms with van der Waals surface area (Å²) in [6.45, 7) is 0. The molecule has 3 nitrogen and oxygen atoms in total. The van der Waals surface area contributed by atoms with Crippen molar-refractivity contribution in [3.63, 3.8) is 0 Å². The summed E-state index contributed by atoms with van der Waals surface area (Å²) in [5.41, 5.74) is 2.96. The van der Waals surface area contributed by atoms with E-state index < -0.39 is 0 Å². The molecular formula is C15H11IN2O. The van der Waals surface area contributed by atoms with E-state index in [9.17, 15) is 4.79 Å². The lowest BCUT2D eigenvalue weighted by molar-refractivity contribution is 0.895. The van der Waals surface area contributed by atoms with E-state index in [-0.39, 0.29) is 5.56 Å². The molecule has 0 unspecified atom stereocenters. The first-order valence-corrected chi connectivity index (χ1v) is 6.96. The number of hydrogen-bond donors (Lipinski definition) is 0. The Morgan fingerprint density at radius 1 is 1.05 bits per heavy atom. The fourth-order valence-corrected chi connectivity index (χ4v) is 2.43. The molecule has 0 amide bonds. The van der Waals surface area contributed by atoms with Gasteiger partial charge in [-0.05, 0) is 46.9 Å². The zero-order valence-electron chi connectivity index (χ0n) is 10.3. The van der Waals surface area contributed by atoms with Crippen LogP contribution in [0.2, 0.25) is 0 Å². The molecular weight excluding hydrogens is 351 g/mol. The monoisotopic (exact) mass is 362 g/mol. The lowest BCUT2D eigenvalue weighted by atomic mass is 10.1. The van der Waals surface area contributed by atoms with Gasteiger partial charge in [0.2, 0.25) is 0 Å². The maximum atomic E-state index is 12.4. The summed E-state index contributed by atoms with van der Waals surface area (Å²) in [5.74, 6) is 0. The third-order valence-corrected chi connectivity index (χ3v) is 3.82. The SMILES string of the molecule is Cn1c(=O)c(-c2ccc(I)cc2)nc2ccccc21.